The summed E-state index contributed by atoms with van der Waals surface area (Å²) in [6.07, 6.45) is 2.23. The number of nitrogens with one attached hydrogen (secondary N) is 1. The highest BCUT2D eigenvalue weighted by Gasteiger charge is 2.31. The largest absolute Gasteiger partial charge is 0.399 e. The molecule has 0 saturated carbocycles. The van der Waals surface area contributed by atoms with Crippen LogP contribution in [0.1, 0.15) is 19.8 Å². The van der Waals surface area contributed by atoms with Gasteiger partial charge in [-0.15, -0.1) is 0 Å². The molecule has 0 spiro atoms. The molecule has 2 rings (SSSR count). The van der Waals surface area contributed by atoms with Gasteiger partial charge in [-0.3, -0.25) is 4.79 Å². The Labute approximate surface area is 139 Å². The van der Waals surface area contributed by atoms with E-state index in [1.807, 2.05) is 6.07 Å². The number of carbonyl (C=O) groups is 1. The van der Waals surface area contributed by atoms with Gasteiger partial charge in [0.2, 0.25) is 0 Å². The van der Waals surface area contributed by atoms with E-state index in [0.29, 0.717) is 17.3 Å². The van der Waals surface area contributed by atoms with Crippen molar-refractivity contribution in [1.82, 2.24) is 0 Å². The predicted molar refractivity (Wildman–Crippen MR) is 90.4 cm³/mol. The highest BCUT2D eigenvalue weighted by Crippen LogP contribution is 2.34. The topological polar surface area (TPSA) is 58.4 Å². The maximum absolute atomic E-state index is 11.9. The van der Waals surface area contributed by atoms with Crippen molar-refractivity contribution in [2.75, 3.05) is 29.0 Å². The molecule has 1 aliphatic heterocycles. The number of hydrogen-bond donors (Lipinski definition) is 2. The van der Waals surface area contributed by atoms with Crippen LogP contribution in [0.5, 0.6) is 0 Å². The molecule has 1 aliphatic rings. The second-order valence-corrected chi connectivity index (χ2v) is 7.68. The van der Waals surface area contributed by atoms with Crippen LogP contribution >= 0.6 is 34.8 Å². The number of nitrogens with two attached hydrogens (primary N) is 1. The first-order valence-electron chi connectivity index (χ1n) is 6.80. The fourth-order valence-corrected chi connectivity index (χ4v) is 2.51. The summed E-state index contributed by atoms with van der Waals surface area (Å²) in [5.74, 6) is 0.0268. The average Bonchev–Trinajstić information content (AvgIpc) is 2.39. The monoisotopic (exact) mass is 349 g/mol. The van der Waals surface area contributed by atoms with Crippen molar-refractivity contribution in [3.8, 4) is 0 Å². The second kappa shape index (κ2) is 6.51. The first-order chi connectivity index (χ1) is 9.77. The van der Waals surface area contributed by atoms with Crippen LogP contribution in [0.2, 0.25) is 0 Å². The van der Waals surface area contributed by atoms with Gasteiger partial charge in [0.1, 0.15) is 0 Å². The quantitative estimate of drug-likeness (QED) is 0.630. The minimum absolute atomic E-state index is 0.545. The molecule has 7 heteroatoms. The van der Waals surface area contributed by atoms with E-state index in [1.165, 1.54) is 0 Å². The standard InChI is InChI=1S/C14H18Cl3N3O/c1-9-4-6-20(7-5-9)12-3-2-10(18)8-11(12)19-13(21)14(15,16)17/h2-3,8-9H,4-7,18H2,1H3,(H,19,21). The van der Waals surface area contributed by atoms with Crippen LogP contribution in [-0.4, -0.2) is 22.8 Å². The van der Waals surface area contributed by atoms with E-state index >= 15 is 0 Å². The van der Waals surface area contributed by atoms with E-state index in [4.69, 9.17) is 40.5 Å². The van der Waals surface area contributed by atoms with Crippen molar-refractivity contribution in [3.05, 3.63) is 18.2 Å². The molecule has 0 aliphatic carbocycles. The van der Waals surface area contributed by atoms with Crippen LogP contribution in [0.4, 0.5) is 17.1 Å². The molecule has 1 aromatic carbocycles. The van der Waals surface area contributed by atoms with Crippen molar-refractivity contribution in [1.29, 1.82) is 0 Å². The number of alkyl halides is 3. The maximum Gasteiger partial charge on any atom is 0.276 e. The Morgan fingerprint density at radius 1 is 1.33 bits per heavy atom. The van der Waals surface area contributed by atoms with E-state index < -0.39 is 9.70 Å². The van der Waals surface area contributed by atoms with Gasteiger partial charge in [-0.25, -0.2) is 0 Å². The van der Waals surface area contributed by atoms with E-state index in [9.17, 15) is 4.79 Å². The lowest BCUT2D eigenvalue weighted by Crippen LogP contribution is -2.34. The zero-order valence-corrected chi connectivity index (χ0v) is 14.0. The summed E-state index contributed by atoms with van der Waals surface area (Å²) in [5, 5.41) is 2.64. The number of halogens is 3. The summed E-state index contributed by atoms with van der Waals surface area (Å²) in [4.78, 5) is 14.1. The fourth-order valence-electron chi connectivity index (χ4n) is 2.37. The Bertz CT molecular complexity index is 523. The molecular formula is C14H18Cl3N3O. The lowest BCUT2D eigenvalue weighted by molar-refractivity contribution is -0.115. The second-order valence-electron chi connectivity index (χ2n) is 5.40. The van der Waals surface area contributed by atoms with Crippen LogP contribution in [0.3, 0.4) is 0 Å². The number of piperidine rings is 1. The number of carbonyl (C=O) groups excluding carboxylic acids is 1. The first-order valence-corrected chi connectivity index (χ1v) is 7.93. The van der Waals surface area contributed by atoms with Crippen LogP contribution in [0, 0.1) is 5.92 Å². The molecule has 0 aromatic heterocycles. The van der Waals surface area contributed by atoms with Crippen LogP contribution in [0.15, 0.2) is 18.2 Å². The molecule has 0 radical (unpaired) electrons. The number of hydrogen-bond acceptors (Lipinski definition) is 3. The number of nitrogens with zero attached hydrogens (tertiary/aromatic N) is 1. The molecule has 0 bridgehead atoms. The molecule has 1 saturated heterocycles. The number of rotatable bonds is 2. The summed E-state index contributed by atoms with van der Waals surface area (Å²) in [5.41, 5.74) is 7.81. The van der Waals surface area contributed by atoms with Crippen molar-refractivity contribution < 1.29 is 4.79 Å². The first kappa shape index (κ1) is 16.5. The lowest BCUT2D eigenvalue weighted by Gasteiger charge is -2.33. The molecule has 3 N–H and O–H groups in total. The molecule has 21 heavy (non-hydrogen) atoms. The smallest absolute Gasteiger partial charge is 0.276 e. The Hall–Kier alpha value is -0.840. The van der Waals surface area contributed by atoms with Crippen LogP contribution < -0.4 is 16.0 Å². The van der Waals surface area contributed by atoms with Crippen molar-refractivity contribution in [2.45, 2.75) is 23.6 Å². The van der Waals surface area contributed by atoms with Gasteiger partial charge in [0.15, 0.2) is 0 Å². The summed E-state index contributed by atoms with van der Waals surface area (Å²) in [6, 6.07) is 5.37. The number of nitrogen functional groups attached to an aromatic ring is 1. The van der Waals surface area contributed by atoms with Gasteiger partial charge >= 0.3 is 0 Å². The lowest BCUT2D eigenvalue weighted by atomic mass is 9.98. The average molecular weight is 351 g/mol. The molecule has 1 aromatic rings. The zero-order valence-electron chi connectivity index (χ0n) is 11.7. The predicted octanol–water partition coefficient (Wildman–Crippen LogP) is 3.81. The highest BCUT2D eigenvalue weighted by molar-refractivity contribution is 6.76. The number of anilines is 3. The third-order valence-electron chi connectivity index (χ3n) is 3.65. The molecule has 1 heterocycles. The third-order valence-corrected chi connectivity index (χ3v) is 4.17. The van der Waals surface area contributed by atoms with Crippen molar-refractivity contribution >= 4 is 57.8 Å². The SMILES string of the molecule is CC1CCN(c2ccc(N)cc2NC(=O)C(Cl)(Cl)Cl)CC1. The van der Waals surface area contributed by atoms with Gasteiger partial charge in [0.05, 0.1) is 11.4 Å². The van der Waals surface area contributed by atoms with Crippen molar-refractivity contribution in [2.24, 2.45) is 5.92 Å². The normalized spacial score (nSPS) is 16.9. The van der Waals surface area contributed by atoms with Gasteiger partial charge in [0, 0.05) is 18.8 Å². The molecule has 0 unspecified atom stereocenters. The van der Waals surface area contributed by atoms with Crippen molar-refractivity contribution in [3.63, 3.8) is 0 Å². The maximum atomic E-state index is 11.9. The Morgan fingerprint density at radius 2 is 1.95 bits per heavy atom. The molecule has 116 valence electrons. The minimum Gasteiger partial charge on any atom is -0.399 e. The molecule has 0 atom stereocenters. The van der Waals surface area contributed by atoms with Gasteiger partial charge in [-0.05, 0) is 37.0 Å². The summed E-state index contributed by atoms with van der Waals surface area (Å²) < 4.78 is -2.00. The van der Waals surface area contributed by atoms with Gasteiger partial charge in [-0.1, -0.05) is 41.7 Å². The van der Waals surface area contributed by atoms with Gasteiger partial charge < -0.3 is 16.0 Å². The molecule has 4 nitrogen and oxygen atoms in total. The Morgan fingerprint density at radius 3 is 2.52 bits per heavy atom. The van der Waals surface area contributed by atoms with E-state index in [-0.39, 0.29) is 0 Å². The van der Waals surface area contributed by atoms with E-state index in [0.717, 1.165) is 31.6 Å². The zero-order chi connectivity index (χ0) is 15.6. The third kappa shape index (κ3) is 4.31. The molecular weight excluding hydrogens is 333 g/mol. The number of amides is 1. The molecule has 1 fully saturated rings. The summed E-state index contributed by atoms with van der Waals surface area (Å²) >= 11 is 16.8. The highest BCUT2D eigenvalue weighted by atomic mass is 35.6. The Balaban J connectivity index is 2.23. The van der Waals surface area contributed by atoms with Gasteiger partial charge in [0.25, 0.3) is 9.70 Å². The minimum atomic E-state index is -2.00. The summed E-state index contributed by atoms with van der Waals surface area (Å²) in [6.45, 7) is 4.11. The van der Waals surface area contributed by atoms with E-state index in [1.54, 1.807) is 12.1 Å². The summed E-state index contributed by atoms with van der Waals surface area (Å²) in [7, 11) is 0. The fraction of sp³-hybridized carbons (Fsp3) is 0.500. The van der Waals surface area contributed by atoms with E-state index in [2.05, 4.69) is 17.1 Å². The van der Waals surface area contributed by atoms with Crippen LogP contribution in [-0.2, 0) is 4.79 Å². The number of benzene rings is 1. The Kier molecular flexibility index (Phi) is 5.12. The van der Waals surface area contributed by atoms with Gasteiger partial charge in [-0.2, -0.15) is 0 Å². The van der Waals surface area contributed by atoms with Crippen LogP contribution in [0.25, 0.3) is 0 Å². The molecule has 1 amide bonds.